The van der Waals surface area contributed by atoms with Gasteiger partial charge in [0.25, 0.3) is 0 Å². The number of ketones is 1. The highest BCUT2D eigenvalue weighted by molar-refractivity contribution is 7.98. The van der Waals surface area contributed by atoms with Crippen LogP contribution in [0.4, 0.5) is 0 Å². The summed E-state index contributed by atoms with van der Waals surface area (Å²) < 4.78 is 0. The Balaban J connectivity index is 2.01. The molecule has 1 aromatic rings. The van der Waals surface area contributed by atoms with Crippen LogP contribution in [0.15, 0.2) is 29.2 Å². The number of aliphatic hydroxyl groups excluding tert-OH is 1. The number of thioether (sulfide) groups is 1. The average Bonchev–Trinajstić information content (AvgIpc) is 2.47. The molecule has 1 aliphatic heterocycles. The maximum absolute atomic E-state index is 12.5. The van der Waals surface area contributed by atoms with Crippen LogP contribution in [0, 0.1) is 5.92 Å². The summed E-state index contributed by atoms with van der Waals surface area (Å²) in [6, 6.07) is 7.87. The Morgan fingerprint density at radius 2 is 2.16 bits per heavy atom. The van der Waals surface area contributed by atoms with E-state index >= 15 is 0 Å². The van der Waals surface area contributed by atoms with Crippen molar-refractivity contribution >= 4 is 17.5 Å². The van der Waals surface area contributed by atoms with Gasteiger partial charge in [0.2, 0.25) is 0 Å². The summed E-state index contributed by atoms with van der Waals surface area (Å²) in [6.45, 7) is 2.62. The van der Waals surface area contributed by atoms with E-state index in [2.05, 4.69) is 4.90 Å². The molecule has 1 fully saturated rings. The first kappa shape index (κ1) is 14.6. The second kappa shape index (κ2) is 7.08. The van der Waals surface area contributed by atoms with Gasteiger partial charge in [0.15, 0.2) is 5.78 Å². The number of aliphatic hydroxyl groups is 1. The van der Waals surface area contributed by atoms with Crippen molar-refractivity contribution in [2.45, 2.75) is 17.7 Å². The number of carbonyl (C=O) groups excluding carboxylic acids is 1. The zero-order valence-electron chi connectivity index (χ0n) is 11.3. The minimum absolute atomic E-state index is 0.0837. The summed E-state index contributed by atoms with van der Waals surface area (Å²) in [5, 5.41) is 8.99. The Hall–Kier alpha value is -0.840. The maximum atomic E-state index is 12.5. The molecule has 0 unspecified atom stereocenters. The van der Waals surface area contributed by atoms with Crippen molar-refractivity contribution in [1.29, 1.82) is 0 Å². The lowest BCUT2D eigenvalue weighted by molar-refractivity contribution is 0.0794. The Kier molecular flexibility index (Phi) is 5.43. The molecule has 0 aromatic heterocycles. The predicted molar refractivity (Wildman–Crippen MR) is 78.8 cm³/mol. The fourth-order valence-electron chi connectivity index (χ4n) is 2.61. The van der Waals surface area contributed by atoms with Crippen LogP contribution in [0.1, 0.15) is 23.2 Å². The SMILES string of the molecule is CSc1ccc(C(=O)[C@@H]2CCCN(CCO)C2)cc1. The number of hydrogen-bond donors (Lipinski definition) is 1. The van der Waals surface area contributed by atoms with Crippen LogP contribution in [0.25, 0.3) is 0 Å². The topological polar surface area (TPSA) is 40.5 Å². The van der Waals surface area contributed by atoms with Crippen molar-refractivity contribution in [3.63, 3.8) is 0 Å². The molecule has 1 aliphatic rings. The van der Waals surface area contributed by atoms with Crippen LogP contribution in [-0.2, 0) is 0 Å². The first-order valence-corrected chi connectivity index (χ1v) is 7.98. The predicted octanol–water partition coefficient (Wildman–Crippen LogP) is 2.30. The third-order valence-electron chi connectivity index (χ3n) is 3.67. The molecule has 1 heterocycles. The van der Waals surface area contributed by atoms with Gasteiger partial charge in [-0.3, -0.25) is 4.79 Å². The second-order valence-corrected chi connectivity index (χ2v) is 5.84. The molecule has 1 aromatic carbocycles. The number of carbonyl (C=O) groups is 1. The Morgan fingerprint density at radius 1 is 1.42 bits per heavy atom. The number of benzene rings is 1. The summed E-state index contributed by atoms with van der Waals surface area (Å²) in [6.07, 6.45) is 4.04. The molecule has 1 atom stereocenters. The molecule has 0 amide bonds. The number of hydrogen-bond acceptors (Lipinski definition) is 4. The molecule has 104 valence electrons. The standard InChI is InChI=1S/C15H21NO2S/c1-19-14-6-4-12(5-7-14)15(18)13-3-2-8-16(11-13)9-10-17/h4-7,13,17H,2-3,8-11H2,1H3/t13-/m1/s1. The first-order chi connectivity index (χ1) is 9.24. The second-order valence-electron chi connectivity index (χ2n) is 4.96. The summed E-state index contributed by atoms with van der Waals surface area (Å²) in [7, 11) is 0. The summed E-state index contributed by atoms with van der Waals surface area (Å²) in [5.41, 5.74) is 0.814. The van der Waals surface area contributed by atoms with E-state index in [9.17, 15) is 4.79 Å². The number of Topliss-reactive ketones (excluding diaryl/α,β-unsaturated/α-hetero) is 1. The fourth-order valence-corrected chi connectivity index (χ4v) is 3.01. The Morgan fingerprint density at radius 3 is 2.79 bits per heavy atom. The van der Waals surface area contributed by atoms with E-state index in [1.165, 1.54) is 4.90 Å². The van der Waals surface area contributed by atoms with Crippen LogP contribution in [-0.4, -0.2) is 48.3 Å². The molecule has 0 aliphatic carbocycles. The van der Waals surface area contributed by atoms with Crippen molar-refractivity contribution < 1.29 is 9.90 Å². The van der Waals surface area contributed by atoms with Gasteiger partial charge in [-0.05, 0) is 37.8 Å². The number of piperidine rings is 1. The normalized spacial score (nSPS) is 20.4. The van der Waals surface area contributed by atoms with E-state index in [1.54, 1.807) is 11.8 Å². The minimum atomic E-state index is 0.0837. The van der Waals surface area contributed by atoms with Gasteiger partial charge in [-0.25, -0.2) is 0 Å². The zero-order chi connectivity index (χ0) is 13.7. The first-order valence-electron chi connectivity index (χ1n) is 6.76. The molecule has 0 bridgehead atoms. The number of β-amino-alcohol motifs (C(OH)–C–C–N with tert-alkyl or cyclic N) is 1. The van der Waals surface area contributed by atoms with Crippen LogP contribution in [0.3, 0.4) is 0 Å². The molecular weight excluding hydrogens is 258 g/mol. The third-order valence-corrected chi connectivity index (χ3v) is 4.41. The van der Waals surface area contributed by atoms with E-state index < -0.39 is 0 Å². The van der Waals surface area contributed by atoms with Gasteiger partial charge in [-0.15, -0.1) is 11.8 Å². The highest BCUT2D eigenvalue weighted by atomic mass is 32.2. The molecule has 19 heavy (non-hydrogen) atoms. The molecule has 4 heteroatoms. The number of likely N-dealkylation sites (tertiary alicyclic amines) is 1. The number of rotatable bonds is 5. The molecule has 0 radical (unpaired) electrons. The molecule has 0 saturated carbocycles. The van der Waals surface area contributed by atoms with E-state index in [0.29, 0.717) is 6.54 Å². The van der Waals surface area contributed by atoms with Crippen molar-refractivity contribution in [1.82, 2.24) is 4.90 Å². The minimum Gasteiger partial charge on any atom is -0.395 e. The highest BCUT2D eigenvalue weighted by Crippen LogP contribution is 2.22. The maximum Gasteiger partial charge on any atom is 0.167 e. The van der Waals surface area contributed by atoms with E-state index in [1.807, 2.05) is 30.5 Å². The molecule has 3 nitrogen and oxygen atoms in total. The zero-order valence-corrected chi connectivity index (χ0v) is 12.2. The largest absolute Gasteiger partial charge is 0.395 e. The van der Waals surface area contributed by atoms with Crippen LogP contribution in [0.2, 0.25) is 0 Å². The van der Waals surface area contributed by atoms with Crippen molar-refractivity contribution in [3.05, 3.63) is 29.8 Å². The monoisotopic (exact) mass is 279 g/mol. The van der Waals surface area contributed by atoms with Crippen LogP contribution < -0.4 is 0 Å². The van der Waals surface area contributed by atoms with Crippen molar-refractivity contribution in [3.8, 4) is 0 Å². The Labute approximate surface area is 119 Å². The van der Waals surface area contributed by atoms with Gasteiger partial charge in [-0.1, -0.05) is 12.1 Å². The van der Waals surface area contributed by atoms with E-state index in [-0.39, 0.29) is 18.3 Å². The van der Waals surface area contributed by atoms with Gasteiger partial charge < -0.3 is 10.0 Å². The third kappa shape index (κ3) is 3.81. The summed E-state index contributed by atoms with van der Waals surface area (Å²) >= 11 is 1.68. The van der Waals surface area contributed by atoms with Crippen molar-refractivity contribution in [2.75, 3.05) is 32.5 Å². The summed E-state index contributed by atoms with van der Waals surface area (Å²) in [5.74, 6) is 0.329. The lowest BCUT2D eigenvalue weighted by Gasteiger charge is -2.31. The summed E-state index contributed by atoms with van der Waals surface area (Å²) in [4.78, 5) is 15.8. The lowest BCUT2D eigenvalue weighted by atomic mass is 9.90. The average molecular weight is 279 g/mol. The van der Waals surface area contributed by atoms with Gasteiger partial charge in [0, 0.05) is 29.5 Å². The molecule has 1 N–H and O–H groups in total. The lowest BCUT2D eigenvalue weighted by Crippen LogP contribution is -2.40. The highest BCUT2D eigenvalue weighted by Gasteiger charge is 2.26. The smallest absolute Gasteiger partial charge is 0.167 e. The van der Waals surface area contributed by atoms with Gasteiger partial charge in [0.1, 0.15) is 0 Å². The quantitative estimate of drug-likeness (QED) is 0.663. The molecular formula is C15H21NO2S. The van der Waals surface area contributed by atoms with Gasteiger partial charge in [-0.2, -0.15) is 0 Å². The Bertz CT molecular complexity index is 417. The number of nitrogens with zero attached hydrogens (tertiary/aromatic N) is 1. The van der Waals surface area contributed by atoms with Gasteiger partial charge in [0.05, 0.1) is 6.61 Å². The molecule has 1 saturated heterocycles. The molecule has 0 spiro atoms. The fraction of sp³-hybridized carbons (Fsp3) is 0.533. The molecule has 2 rings (SSSR count). The van der Waals surface area contributed by atoms with Crippen molar-refractivity contribution in [2.24, 2.45) is 5.92 Å². The van der Waals surface area contributed by atoms with Crippen LogP contribution in [0.5, 0.6) is 0 Å². The van der Waals surface area contributed by atoms with E-state index in [4.69, 9.17) is 5.11 Å². The van der Waals surface area contributed by atoms with E-state index in [0.717, 1.165) is 31.5 Å². The van der Waals surface area contributed by atoms with Gasteiger partial charge >= 0.3 is 0 Å². The van der Waals surface area contributed by atoms with Crippen LogP contribution >= 0.6 is 11.8 Å².